The zero-order valence-electron chi connectivity index (χ0n) is 5.24. The Balaban J connectivity index is 0. The van der Waals surface area contributed by atoms with Crippen LogP contribution < -0.4 is 0 Å². The number of hydrogen-bond donors (Lipinski definition) is 0. The fourth-order valence-corrected chi connectivity index (χ4v) is 0.448. The largest absolute Gasteiger partial charge is 1.00 e. The van der Waals surface area contributed by atoms with Crippen LogP contribution in [0.4, 0.5) is 0 Å². The van der Waals surface area contributed by atoms with Gasteiger partial charge in [-0.1, -0.05) is 13.3 Å². The molecular weight excluding hydrogens is 168 g/mol. The van der Waals surface area contributed by atoms with E-state index >= 15 is 0 Å². The Morgan fingerprint density at radius 1 is 1.56 bits per heavy atom. The molecule has 0 saturated heterocycles. The molecule has 0 saturated carbocycles. The average Bonchev–Trinajstić information content (AvgIpc) is 1.68. The molecule has 0 spiro atoms. The normalized spacial score (nSPS) is 7.67. The summed E-state index contributed by atoms with van der Waals surface area (Å²) in [5.41, 5.74) is 0. The minimum absolute atomic E-state index is 0. The number of ketones is 1. The first kappa shape index (κ1) is 11.6. The van der Waals surface area contributed by atoms with Crippen molar-refractivity contribution < 1.29 is 26.7 Å². The first-order valence-corrected chi connectivity index (χ1v) is 2.68. The van der Waals surface area contributed by atoms with Gasteiger partial charge in [0.25, 0.3) is 0 Å². The molecule has 0 fully saturated rings. The Labute approximate surface area is 65.5 Å². The van der Waals surface area contributed by atoms with Crippen LogP contribution in [-0.4, -0.2) is 12.1 Å². The summed E-state index contributed by atoms with van der Waals surface area (Å²) in [4.78, 5) is 19.9. The van der Waals surface area contributed by atoms with Crippen molar-refractivity contribution in [3.63, 3.8) is 0 Å². The molecule has 0 atom stereocenters. The quantitative estimate of drug-likeness (QED) is 0.362. The van der Waals surface area contributed by atoms with E-state index in [1.54, 1.807) is 6.29 Å². The summed E-state index contributed by atoms with van der Waals surface area (Å²) in [5, 5.41) is 0. The molecule has 0 rings (SSSR count). The standard InChI is InChI=1S/C6H9O2.Cu/c1-2-3-6(8)4-5-7;/h2-4H2,1H3;/q-1;+1. The van der Waals surface area contributed by atoms with Crippen molar-refractivity contribution in [1.29, 1.82) is 0 Å². The minimum atomic E-state index is -0.0339. The van der Waals surface area contributed by atoms with Gasteiger partial charge in [0.15, 0.2) is 0 Å². The van der Waals surface area contributed by atoms with Crippen LogP contribution in [-0.2, 0) is 26.7 Å². The molecule has 0 aliphatic heterocycles. The second kappa shape index (κ2) is 7.86. The zero-order valence-corrected chi connectivity index (χ0v) is 6.18. The molecule has 56 valence electrons. The molecule has 2 nitrogen and oxygen atoms in total. The Kier molecular flexibility index (Phi) is 10.2. The molecule has 3 heteroatoms. The van der Waals surface area contributed by atoms with Gasteiger partial charge in [0.05, 0.1) is 0 Å². The van der Waals surface area contributed by atoms with Crippen molar-refractivity contribution in [1.82, 2.24) is 0 Å². The van der Waals surface area contributed by atoms with Crippen molar-refractivity contribution in [3.05, 3.63) is 0 Å². The summed E-state index contributed by atoms with van der Waals surface area (Å²) in [6.07, 6.45) is 2.85. The molecule has 0 N–H and O–H groups in total. The summed E-state index contributed by atoms with van der Waals surface area (Å²) in [5.74, 6) is -0.0116. The van der Waals surface area contributed by atoms with Gasteiger partial charge in [-0.3, -0.25) is 6.29 Å². The topological polar surface area (TPSA) is 34.1 Å². The van der Waals surface area contributed by atoms with Crippen molar-refractivity contribution in [2.24, 2.45) is 0 Å². The van der Waals surface area contributed by atoms with Gasteiger partial charge in [0.2, 0.25) is 0 Å². The number of carbonyl (C=O) groups excluding carboxylic acids is 2. The van der Waals surface area contributed by atoms with Crippen LogP contribution in [0, 0.1) is 0 Å². The van der Waals surface area contributed by atoms with Crippen LogP contribution in [0.2, 0.25) is 0 Å². The maximum atomic E-state index is 10.4. The predicted molar refractivity (Wildman–Crippen MR) is 30.2 cm³/mol. The number of carbonyl (C=O) groups is 1. The van der Waals surface area contributed by atoms with E-state index in [-0.39, 0.29) is 29.3 Å². The fraction of sp³-hybridized carbons (Fsp3) is 0.667. The van der Waals surface area contributed by atoms with E-state index in [9.17, 15) is 9.59 Å². The molecule has 0 aliphatic rings. The summed E-state index contributed by atoms with van der Waals surface area (Å²) in [7, 11) is 0. The van der Waals surface area contributed by atoms with Crippen LogP contribution in [0.25, 0.3) is 0 Å². The van der Waals surface area contributed by atoms with E-state index < -0.39 is 0 Å². The molecule has 9 heavy (non-hydrogen) atoms. The third-order valence-electron chi connectivity index (χ3n) is 0.798. The monoisotopic (exact) mass is 176 g/mol. The molecule has 0 heterocycles. The summed E-state index contributed by atoms with van der Waals surface area (Å²) < 4.78 is 0. The maximum Gasteiger partial charge on any atom is 1.00 e. The summed E-state index contributed by atoms with van der Waals surface area (Å²) >= 11 is 0. The number of Topliss-reactive ketones (excluding diaryl/α,β-unsaturated/α-hetero) is 1. The van der Waals surface area contributed by atoms with Gasteiger partial charge >= 0.3 is 17.1 Å². The molecule has 0 unspecified atom stereocenters. The van der Waals surface area contributed by atoms with Gasteiger partial charge in [0, 0.05) is 6.42 Å². The molecule has 0 bridgehead atoms. The van der Waals surface area contributed by atoms with Crippen LogP contribution in [0.5, 0.6) is 0 Å². The van der Waals surface area contributed by atoms with Crippen molar-refractivity contribution >= 4 is 12.1 Å². The van der Waals surface area contributed by atoms with E-state index in [1.165, 1.54) is 0 Å². The Morgan fingerprint density at radius 2 is 2.11 bits per heavy atom. The first-order valence-electron chi connectivity index (χ1n) is 2.68. The molecular formula is C6H9CuO2. The van der Waals surface area contributed by atoms with Crippen molar-refractivity contribution in [2.45, 2.75) is 26.2 Å². The Bertz CT molecular complexity index is 91.1. The van der Waals surface area contributed by atoms with Gasteiger partial charge < -0.3 is 9.59 Å². The number of rotatable bonds is 4. The SMILES string of the molecule is CCCC(=O)C[C-]=O.[Cu+]. The average molecular weight is 177 g/mol. The Morgan fingerprint density at radius 3 is 2.44 bits per heavy atom. The van der Waals surface area contributed by atoms with E-state index in [2.05, 4.69) is 0 Å². The second-order valence-electron chi connectivity index (χ2n) is 1.61. The van der Waals surface area contributed by atoms with Crippen LogP contribution in [0.1, 0.15) is 26.2 Å². The summed E-state index contributed by atoms with van der Waals surface area (Å²) in [6, 6.07) is 0. The molecule has 0 aromatic rings. The van der Waals surface area contributed by atoms with E-state index in [0.29, 0.717) is 6.42 Å². The molecule has 0 aromatic heterocycles. The Hall–Kier alpha value is -0.141. The van der Waals surface area contributed by atoms with Crippen molar-refractivity contribution in [3.8, 4) is 0 Å². The first-order chi connectivity index (χ1) is 3.81. The molecule has 0 amide bonds. The van der Waals surface area contributed by atoms with Crippen LogP contribution in [0.3, 0.4) is 0 Å². The minimum Gasteiger partial charge on any atom is -0.541 e. The van der Waals surface area contributed by atoms with E-state index in [4.69, 9.17) is 0 Å². The zero-order chi connectivity index (χ0) is 6.41. The molecule has 0 aliphatic carbocycles. The number of hydrogen-bond acceptors (Lipinski definition) is 2. The molecule has 0 aromatic carbocycles. The predicted octanol–water partition coefficient (Wildman–Crippen LogP) is 0.853. The fourth-order valence-electron chi connectivity index (χ4n) is 0.448. The van der Waals surface area contributed by atoms with Gasteiger partial charge in [-0.15, -0.1) is 0 Å². The van der Waals surface area contributed by atoms with Gasteiger partial charge in [0.1, 0.15) is 5.78 Å². The third-order valence-corrected chi connectivity index (χ3v) is 0.798. The van der Waals surface area contributed by atoms with Gasteiger partial charge in [-0.25, -0.2) is 0 Å². The third kappa shape index (κ3) is 7.86. The summed E-state index contributed by atoms with van der Waals surface area (Å²) in [6.45, 7) is 1.91. The van der Waals surface area contributed by atoms with Crippen molar-refractivity contribution in [2.75, 3.05) is 0 Å². The smallest absolute Gasteiger partial charge is 0.541 e. The van der Waals surface area contributed by atoms with E-state index in [1.807, 2.05) is 6.92 Å². The van der Waals surface area contributed by atoms with E-state index in [0.717, 1.165) is 6.42 Å². The maximum absolute atomic E-state index is 10.4. The second-order valence-corrected chi connectivity index (χ2v) is 1.61. The van der Waals surface area contributed by atoms with Gasteiger partial charge in [-0.05, 0) is 6.42 Å². The van der Waals surface area contributed by atoms with Crippen LogP contribution in [0.15, 0.2) is 0 Å². The van der Waals surface area contributed by atoms with Gasteiger partial charge in [-0.2, -0.15) is 0 Å². The molecule has 0 radical (unpaired) electrons. The van der Waals surface area contributed by atoms with Crippen LogP contribution >= 0.6 is 0 Å².